The van der Waals surface area contributed by atoms with Gasteiger partial charge in [0, 0.05) is 6.92 Å². The van der Waals surface area contributed by atoms with E-state index >= 15 is 0 Å². The van der Waals surface area contributed by atoms with E-state index in [1.54, 1.807) is 0 Å². The lowest BCUT2D eigenvalue weighted by Gasteiger charge is -2.43. The molecule has 0 aromatic rings. The van der Waals surface area contributed by atoms with Gasteiger partial charge in [-0.3, -0.25) is 10.1 Å². The number of ether oxygens (including phenoxy) is 1. The van der Waals surface area contributed by atoms with Crippen molar-refractivity contribution in [3.8, 4) is 0 Å². The summed E-state index contributed by atoms with van der Waals surface area (Å²) in [6.45, 7) is 21.5. The van der Waals surface area contributed by atoms with Gasteiger partial charge in [0.1, 0.15) is 12.2 Å². The van der Waals surface area contributed by atoms with Crippen LogP contribution in [0.3, 0.4) is 0 Å². The molecule has 4 N–H and O–H groups in total. The van der Waals surface area contributed by atoms with Crippen molar-refractivity contribution in [2.24, 2.45) is 5.73 Å². The number of amides is 3. The molecule has 3 amide bonds. The van der Waals surface area contributed by atoms with E-state index in [1.807, 2.05) is 33.9 Å². The molecular weight excluding hydrogens is 522 g/mol. The molecule has 1 saturated heterocycles. The summed E-state index contributed by atoms with van der Waals surface area (Å²) in [5, 5.41) is 5.19. The lowest BCUT2D eigenvalue weighted by Crippen LogP contribution is -2.61. The Kier molecular flexibility index (Phi) is 8.40. The van der Waals surface area contributed by atoms with E-state index in [-0.39, 0.29) is 22.4 Å². The van der Waals surface area contributed by atoms with Crippen molar-refractivity contribution in [3.05, 3.63) is 11.1 Å². The van der Waals surface area contributed by atoms with Crippen LogP contribution in [0.15, 0.2) is 11.1 Å². The molecule has 1 spiro atoms. The van der Waals surface area contributed by atoms with E-state index in [4.69, 9.17) is 23.5 Å². The van der Waals surface area contributed by atoms with Crippen molar-refractivity contribution in [1.82, 2.24) is 10.6 Å². The first-order valence-electron chi connectivity index (χ1n) is 11.9. The van der Waals surface area contributed by atoms with Crippen molar-refractivity contribution in [2.75, 3.05) is 6.61 Å². The number of nitrogens with one attached hydrogen (secondary N) is 2. The molecule has 208 valence electrons. The van der Waals surface area contributed by atoms with Gasteiger partial charge in [-0.1, -0.05) is 41.5 Å². The van der Waals surface area contributed by atoms with E-state index in [0.29, 0.717) is 0 Å². The lowest BCUT2D eigenvalue weighted by molar-refractivity contribution is -0.118. The zero-order valence-electron chi connectivity index (χ0n) is 23.3. The van der Waals surface area contributed by atoms with Gasteiger partial charge in [0.25, 0.3) is 10.1 Å². The highest BCUT2D eigenvalue weighted by atomic mass is 32.2. The number of nitrogens with two attached hydrogens (primary N) is 1. The van der Waals surface area contributed by atoms with E-state index in [2.05, 4.69) is 44.5 Å². The Morgan fingerprint density at radius 2 is 1.61 bits per heavy atom. The van der Waals surface area contributed by atoms with Crippen molar-refractivity contribution in [3.63, 3.8) is 0 Å². The third-order valence-electron chi connectivity index (χ3n) is 7.66. The van der Waals surface area contributed by atoms with Crippen LogP contribution in [0.25, 0.3) is 0 Å². The highest BCUT2D eigenvalue weighted by molar-refractivity contribution is 7.90. The standard InChI is InChI=1S/C22H43N3O8SSi2/c1-14(26)24-19(27)25-18-17(32-36(10,11)21(5,6)7)22(15(23)13-34(28,29)33-22)16(31-18)12-30-35(8,9)20(2,3)4/h13,16-18H,12,23H2,1-11H3,(H2,24,25,26,27)/t16?,17?,18-,22?/m1/s1. The Bertz CT molecular complexity index is 1020. The summed E-state index contributed by atoms with van der Waals surface area (Å²) in [6.07, 6.45) is -3.32. The topological polar surface area (TPSA) is 155 Å². The molecule has 1 fully saturated rings. The first-order valence-corrected chi connectivity index (χ1v) is 19.2. The van der Waals surface area contributed by atoms with Crippen LogP contribution in [0.5, 0.6) is 0 Å². The second-order valence-corrected chi connectivity index (χ2v) is 23.5. The third kappa shape index (κ3) is 6.22. The summed E-state index contributed by atoms with van der Waals surface area (Å²) in [7, 11) is -9.04. The molecule has 0 radical (unpaired) electrons. The minimum Gasteiger partial charge on any atom is -0.414 e. The molecule has 3 unspecified atom stereocenters. The zero-order valence-corrected chi connectivity index (χ0v) is 26.1. The molecule has 0 aliphatic carbocycles. The molecule has 4 atom stereocenters. The maximum absolute atomic E-state index is 12.6. The van der Waals surface area contributed by atoms with Crippen LogP contribution >= 0.6 is 0 Å². The molecule has 2 heterocycles. The Morgan fingerprint density at radius 3 is 2.03 bits per heavy atom. The first-order chi connectivity index (χ1) is 16.0. The minimum absolute atomic E-state index is 0.0373. The highest BCUT2D eigenvalue weighted by Crippen LogP contribution is 2.49. The predicted octanol–water partition coefficient (Wildman–Crippen LogP) is 2.87. The van der Waals surface area contributed by atoms with Crippen LogP contribution < -0.4 is 16.4 Å². The Morgan fingerprint density at radius 1 is 1.08 bits per heavy atom. The van der Waals surface area contributed by atoms with E-state index in [9.17, 15) is 18.0 Å². The van der Waals surface area contributed by atoms with Crippen molar-refractivity contribution in [2.45, 2.75) is 109 Å². The fourth-order valence-electron chi connectivity index (χ4n) is 3.46. The molecular formula is C22H43N3O8SSi2. The molecule has 11 nitrogen and oxygen atoms in total. The summed E-state index contributed by atoms with van der Waals surface area (Å²) >= 11 is 0. The van der Waals surface area contributed by atoms with Gasteiger partial charge in [-0.2, -0.15) is 8.42 Å². The summed E-state index contributed by atoms with van der Waals surface area (Å²) < 4.78 is 50.1. The average Bonchev–Trinajstić information content (AvgIpc) is 3.04. The Labute approximate surface area is 217 Å². The molecule has 0 aromatic heterocycles. The summed E-state index contributed by atoms with van der Waals surface area (Å²) in [5.74, 6) is -0.570. The van der Waals surface area contributed by atoms with Crippen LogP contribution in [0.4, 0.5) is 4.79 Å². The smallest absolute Gasteiger partial charge is 0.323 e. The number of hydrogen-bond donors (Lipinski definition) is 3. The number of urea groups is 1. The molecule has 14 heteroatoms. The molecule has 2 aliphatic rings. The number of carbonyl (C=O) groups is 2. The van der Waals surface area contributed by atoms with Gasteiger partial charge in [0.05, 0.1) is 17.7 Å². The molecule has 0 saturated carbocycles. The Hall–Kier alpha value is -1.30. The van der Waals surface area contributed by atoms with Crippen molar-refractivity contribution in [1.29, 1.82) is 0 Å². The second-order valence-electron chi connectivity index (χ2n) is 12.5. The van der Waals surface area contributed by atoms with E-state index in [1.165, 1.54) is 6.92 Å². The largest absolute Gasteiger partial charge is 0.414 e. The van der Waals surface area contributed by atoms with E-state index in [0.717, 1.165) is 5.41 Å². The molecule has 0 bridgehead atoms. The Balaban J connectivity index is 2.59. The van der Waals surface area contributed by atoms with Crippen LogP contribution in [-0.2, 0) is 32.7 Å². The minimum atomic E-state index is -4.16. The molecule has 2 aliphatic heterocycles. The van der Waals surface area contributed by atoms with Gasteiger partial charge in [0.2, 0.25) is 5.91 Å². The number of hydrogen-bond acceptors (Lipinski definition) is 9. The van der Waals surface area contributed by atoms with Gasteiger partial charge in [-0.05, 0) is 36.3 Å². The number of imide groups is 1. The third-order valence-corrected chi connectivity index (χ3v) is 17.7. The van der Waals surface area contributed by atoms with Crippen LogP contribution in [0, 0.1) is 0 Å². The number of carbonyl (C=O) groups excluding carboxylic acids is 2. The summed E-state index contributed by atoms with van der Waals surface area (Å²) in [4.78, 5) is 23.9. The first kappa shape index (κ1) is 30.9. The normalized spacial score (nSPS) is 28.8. The SMILES string of the molecule is CC(=O)NC(=O)N[C@@H]1OC(CO[Si](C)(C)C(C)(C)C)C2(OS(=O)(=O)C=C2N)C1O[Si](C)(C)C(C)(C)C. The second kappa shape index (κ2) is 9.78. The molecule has 36 heavy (non-hydrogen) atoms. The van der Waals surface area contributed by atoms with Crippen molar-refractivity contribution < 1.29 is 35.8 Å². The highest BCUT2D eigenvalue weighted by Gasteiger charge is 2.67. The van der Waals surface area contributed by atoms with Gasteiger partial charge in [0.15, 0.2) is 28.5 Å². The lowest BCUT2D eigenvalue weighted by atomic mass is 9.89. The maximum Gasteiger partial charge on any atom is 0.323 e. The van der Waals surface area contributed by atoms with Crippen LogP contribution in [0.2, 0.25) is 36.3 Å². The number of rotatable bonds is 6. The summed E-state index contributed by atoms with van der Waals surface area (Å²) in [6, 6.07) is -0.819. The van der Waals surface area contributed by atoms with Crippen LogP contribution in [0.1, 0.15) is 48.5 Å². The monoisotopic (exact) mass is 565 g/mol. The van der Waals surface area contributed by atoms with Crippen LogP contribution in [-0.4, -0.2) is 67.6 Å². The molecule has 0 aromatic carbocycles. The summed E-state index contributed by atoms with van der Waals surface area (Å²) in [5.41, 5.74) is 4.49. The zero-order chi connectivity index (χ0) is 28.1. The van der Waals surface area contributed by atoms with Gasteiger partial charge in [-0.15, -0.1) is 0 Å². The van der Waals surface area contributed by atoms with E-state index < -0.39 is 62.7 Å². The predicted molar refractivity (Wildman–Crippen MR) is 141 cm³/mol. The quantitative estimate of drug-likeness (QED) is 0.325. The fourth-order valence-corrected chi connectivity index (χ4v) is 6.98. The average molecular weight is 566 g/mol. The molecule has 2 rings (SSSR count). The van der Waals surface area contributed by atoms with Gasteiger partial charge < -0.3 is 24.6 Å². The fraction of sp³-hybridized carbons (Fsp3) is 0.818. The van der Waals surface area contributed by atoms with Crippen molar-refractivity contribution >= 4 is 38.7 Å². The van der Waals surface area contributed by atoms with Gasteiger partial charge >= 0.3 is 6.03 Å². The van der Waals surface area contributed by atoms with Gasteiger partial charge in [-0.25, -0.2) is 8.98 Å². The maximum atomic E-state index is 12.6.